The lowest BCUT2D eigenvalue weighted by Crippen LogP contribution is -2.44. The number of benzene rings is 2. The van der Waals surface area contributed by atoms with E-state index in [0.717, 1.165) is 10.0 Å². The van der Waals surface area contributed by atoms with Crippen LogP contribution in [0.1, 0.15) is 16.5 Å². The number of aryl methyl sites for hydroxylation is 1. The van der Waals surface area contributed by atoms with Crippen LogP contribution in [0.5, 0.6) is 0 Å². The van der Waals surface area contributed by atoms with Crippen molar-refractivity contribution in [1.82, 2.24) is 4.72 Å². The molecule has 0 aromatic heterocycles. The van der Waals surface area contributed by atoms with Gasteiger partial charge in [0.2, 0.25) is 10.0 Å². The molecule has 0 spiro atoms. The average Bonchev–Trinajstić information content (AvgIpc) is 2.59. The molecule has 0 heterocycles. The van der Waals surface area contributed by atoms with Crippen molar-refractivity contribution >= 4 is 43.5 Å². The predicted octanol–water partition coefficient (Wildman–Crippen LogP) is 3.56. The fourth-order valence-electron chi connectivity index (χ4n) is 2.15. The summed E-state index contributed by atoms with van der Waals surface area (Å²) in [6.45, 7) is 1.85. The van der Waals surface area contributed by atoms with Gasteiger partial charge in [0.1, 0.15) is 6.04 Å². The zero-order chi connectivity index (χ0) is 18.6. The minimum atomic E-state index is -3.94. The highest BCUT2D eigenvalue weighted by Crippen LogP contribution is 2.27. The summed E-state index contributed by atoms with van der Waals surface area (Å²) in [4.78, 5) is 12.2. The molecule has 2 aromatic carbocycles. The van der Waals surface area contributed by atoms with E-state index in [4.69, 9.17) is 16.3 Å². The summed E-state index contributed by atoms with van der Waals surface area (Å²) in [5, 5.41) is -0.930. The first-order valence-electron chi connectivity index (χ1n) is 7.31. The SMILES string of the molecule is COC(=O)[C@H](NS(=O)(=O)c1ccc(C)cc1)[C@H](Cl)c1ccc(Br)cc1. The van der Waals surface area contributed by atoms with E-state index in [-0.39, 0.29) is 4.90 Å². The number of nitrogens with one attached hydrogen (secondary N) is 1. The third-order valence-electron chi connectivity index (χ3n) is 3.55. The predicted molar refractivity (Wildman–Crippen MR) is 100 cm³/mol. The molecule has 2 atom stereocenters. The molecule has 0 radical (unpaired) electrons. The van der Waals surface area contributed by atoms with Gasteiger partial charge in [0.15, 0.2) is 0 Å². The number of halogens is 2. The largest absolute Gasteiger partial charge is 0.468 e. The highest BCUT2D eigenvalue weighted by Gasteiger charge is 2.33. The Kier molecular flexibility index (Phi) is 6.62. The third-order valence-corrected chi connectivity index (χ3v) is 6.04. The summed E-state index contributed by atoms with van der Waals surface area (Å²) >= 11 is 9.69. The van der Waals surface area contributed by atoms with Crippen molar-refractivity contribution in [2.75, 3.05) is 7.11 Å². The number of hydrogen-bond acceptors (Lipinski definition) is 4. The fourth-order valence-corrected chi connectivity index (χ4v) is 3.99. The second kappa shape index (κ2) is 8.31. The summed E-state index contributed by atoms with van der Waals surface area (Å²) in [6.07, 6.45) is 0. The maximum Gasteiger partial charge on any atom is 0.325 e. The van der Waals surface area contributed by atoms with Crippen molar-refractivity contribution in [3.05, 3.63) is 64.1 Å². The highest BCUT2D eigenvalue weighted by molar-refractivity contribution is 9.10. The van der Waals surface area contributed by atoms with Crippen molar-refractivity contribution in [1.29, 1.82) is 0 Å². The second-order valence-corrected chi connectivity index (χ2v) is 8.49. The molecule has 0 saturated heterocycles. The van der Waals surface area contributed by atoms with Crippen molar-refractivity contribution in [3.63, 3.8) is 0 Å². The first-order chi connectivity index (χ1) is 11.7. The van der Waals surface area contributed by atoms with Gasteiger partial charge in [0.25, 0.3) is 0 Å². The normalized spacial score (nSPS) is 13.9. The van der Waals surface area contributed by atoms with Gasteiger partial charge in [0, 0.05) is 4.47 Å². The number of sulfonamides is 1. The quantitative estimate of drug-likeness (QED) is 0.544. The summed E-state index contributed by atoms with van der Waals surface area (Å²) in [5.41, 5.74) is 1.51. The third kappa shape index (κ3) is 5.04. The van der Waals surface area contributed by atoms with Gasteiger partial charge in [-0.3, -0.25) is 4.79 Å². The minimum absolute atomic E-state index is 0.0478. The first-order valence-corrected chi connectivity index (χ1v) is 10.0. The standard InChI is InChI=1S/C17H17BrClNO4S/c1-11-3-9-14(10-4-11)25(22,23)20-16(17(21)24-2)15(19)12-5-7-13(18)8-6-12/h3-10,15-16,20H,1-2H3/t15-,16-/m1/s1. The fraction of sp³-hybridized carbons (Fsp3) is 0.235. The Hall–Kier alpha value is -1.41. The van der Waals surface area contributed by atoms with Crippen LogP contribution in [0.4, 0.5) is 0 Å². The number of hydrogen-bond donors (Lipinski definition) is 1. The molecule has 2 aromatic rings. The van der Waals surface area contributed by atoms with Crippen LogP contribution in [0.25, 0.3) is 0 Å². The first kappa shape index (κ1) is 19.9. The summed E-state index contributed by atoms with van der Waals surface area (Å²) < 4.78 is 33.1. The molecule has 0 fully saturated rings. The Morgan fingerprint density at radius 2 is 1.68 bits per heavy atom. The lowest BCUT2D eigenvalue weighted by atomic mass is 10.1. The minimum Gasteiger partial charge on any atom is -0.468 e. The van der Waals surface area contributed by atoms with Crippen LogP contribution >= 0.6 is 27.5 Å². The van der Waals surface area contributed by atoms with Crippen LogP contribution in [0.2, 0.25) is 0 Å². The van der Waals surface area contributed by atoms with Crippen molar-refractivity contribution in [2.45, 2.75) is 23.2 Å². The van der Waals surface area contributed by atoms with Gasteiger partial charge in [0.05, 0.1) is 17.4 Å². The maximum absolute atomic E-state index is 12.6. The molecule has 0 bridgehead atoms. The van der Waals surface area contributed by atoms with Crippen LogP contribution in [0.15, 0.2) is 57.9 Å². The van der Waals surface area contributed by atoms with Gasteiger partial charge < -0.3 is 4.74 Å². The van der Waals surface area contributed by atoms with Crippen LogP contribution in [0, 0.1) is 6.92 Å². The molecule has 0 aliphatic carbocycles. The Bertz CT molecular complexity index is 838. The molecule has 0 aliphatic rings. The molecular weight excluding hydrogens is 430 g/mol. The topological polar surface area (TPSA) is 72.5 Å². The van der Waals surface area contributed by atoms with Crippen molar-refractivity contribution in [3.8, 4) is 0 Å². The highest BCUT2D eigenvalue weighted by atomic mass is 79.9. The molecule has 0 amide bonds. The Balaban J connectivity index is 2.32. The number of rotatable bonds is 6. The van der Waals surface area contributed by atoms with Gasteiger partial charge in [-0.25, -0.2) is 8.42 Å². The van der Waals surface area contributed by atoms with E-state index in [0.29, 0.717) is 5.56 Å². The Morgan fingerprint density at radius 3 is 2.20 bits per heavy atom. The molecule has 8 heteroatoms. The number of carbonyl (C=O) groups is 1. The van der Waals surface area contributed by atoms with E-state index >= 15 is 0 Å². The number of methoxy groups -OCH3 is 1. The Morgan fingerprint density at radius 1 is 1.12 bits per heavy atom. The van der Waals surface area contributed by atoms with Gasteiger partial charge >= 0.3 is 5.97 Å². The second-order valence-electron chi connectivity index (χ2n) is 5.39. The summed E-state index contributed by atoms with van der Waals surface area (Å²) in [6, 6.07) is 11.9. The summed E-state index contributed by atoms with van der Waals surface area (Å²) in [5.74, 6) is -0.765. The number of esters is 1. The van der Waals surface area contributed by atoms with E-state index in [2.05, 4.69) is 20.7 Å². The molecule has 0 saturated carbocycles. The van der Waals surface area contributed by atoms with Gasteiger partial charge in [-0.2, -0.15) is 4.72 Å². The van der Waals surface area contributed by atoms with E-state index in [1.54, 1.807) is 36.4 Å². The zero-order valence-electron chi connectivity index (χ0n) is 13.6. The zero-order valence-corrected chi connectivity index (χ0v) is 16.7. The monoisotopic (exact) mass is 445 g/mol. The van der Waals surface area contributed by atoms with Crippen LogP contribution < -0.4 is 4.72 Å². The van der Waals surface area contributed by atoms with Gasteiger partial charge in [-0.1, -0.05) is 45.8 Å². The van der Waals surface area contributed by atoms with E-state index < -0.39 is 27.4 Å². The lowest BCUT2D eigenvalue weighted by Gasteiger charge is -2.21. The Labute approximate surface area is 160 Å². The molecular formula is C17H17BrClNO4S. The molecule has 0 aliphatic heterocycles. The summed E-state index contributed by atoms with van der Waals surface area (Å²) in [7, 11) is -2.76. The molecule has 25 heavy (non-hydrogen) atoms. The molecule has 5 nitrogen and oxygen atoms in total. The molecule has 134 valence electrons. The van der Waals surface area contributed by atoms with Gasteiger partial charge in [-0.05, 0) is 36.8 Å². The van der Waals surface area contributed by atoms with E-state index in [9.17, 15) is 13.2 Å². The van der Waals surface area contributed by atoms with Crippen molar-refractivity contribution < 1.29 is 17.9 Å². The average molecular weight is 447 g/mol. The van der Waals surface area contributed by atoms with E-state index in [1.807, 2.05) is 6.92 Å². The van der Waals surface area contributed by atoms with Gasteiger partial charge in [-0.15, -0.1) is 11.6 Å². The number of carbonyl (C=O) groups excluding carboxylic acids is 1. The maximum atomic E-state index is 12.6. The molecule has 2 rings (SSSR count). The van der Waals surface area contributed by atoms with Crippen molar-refractivity contribution in [2.24, 2.45) is 0 Å². The van der Waals surface area contributed by atoms with Crippen LogP contribution in [-0.4, -0.2) is 27.5 Å². The van der Waals surface area contributed by atoms with E-state index in [1.165, 1.54) is 19.2 Å². The molecule has 1 N–H and O–H groups in total. The molecule has 0 unspecified atom stereocenters. The lowest BCUT2D eigenvalue weighted by molar-refractivity contribution is -0.142. The van der Waals surface area contributed by atoms with Crippen LogP contribution in [0.3, 0.4) is 0 Å². The number of ether oxygens (including phenoxy) is 1. The number of alkyl halides is 1. The van der Waals surface area contributed by atoms with Crippen LogP contribution in [-0.2, 0) is 19.6 Å². The smallest absolute Gasteiger partial charge is 0.325 e.